The van der Waals surface area contributed by atoms with Crippen LogP contribution < -0.4 is 20.7 Å². The summed E-state index contributed by atoms with van der Waals surface area (Å²) in [4.78, 5) is 16.4. The molecule has 0 spiro atoms. The number of carbonyl (C=O) groups is 1. The van der Waals surface area contributed by atoms with Crippen molar-refractivity contribution >= 4 is 17.6 Å². The van der Waals surface area contributed by atoms with E-state index in [1.165, 1.54) is 11.1 Å². The van der Waals surface area contributed by atoms with Gasteiger partial charge in [0.2, 0.25) is 5.91 Å². The first-order valence-electron chi connectivity index (χ1n) is 9.79. The zero-order valence-corrected chi connectivity index (χ0v) is 16.1. The van der Waals surface area contributed by atoms with E-state index < -0.39 is 0 Å². The predicted molar refractivity (Wildman–Crippen MR) is 111 cm³/mol. The van der Waals surface area contributed by atoms with Crippen molar-refractivity contribution < 1.29 is 9.53 Å². The molecule has 2 aliphatic heterocycles. The summed E-state index contributed by atoms with van der Waals surface area (Å²) in [6, 6.07) is 16.2. The minimum Gasteiger partial charge on any atom is -0.493 e. The smallest absolute Gasteiger partial charge is 0.225 e. The number of rotatable bonds is 4. The van der Waals surface area contributed by atoms with Crippen LogP contribution in [0.1, 0.15) is 35.8 Å². The predicted octanol–water partition coefficient (Wildman–Crippen LogP) is 2.84. The average molecular weight is 378 g/mol. The number of anilines is 1. The number of amides is 1. The lowest BCUT2D eigenvalue weighted by atomic mass is 9.90. The molecule has 2 aromatic rings. The van der Waals surface area contributed by atoms with Gasteiger partial charge in [-0.05, 0) is 29.7 Å². The maximum Gasteiger partial charge on any atom is 0.225 e. The van der Waals surface area contributed by atoms with Gasteiger partial charge in [-0.2, -0.15) is 0 Å². The lowest BCUT2D eigenvalue weighted by molar-refractivity contribution is -0.116. The molecule has 6 heteroatoms. The molecule has 0 saturated heterocycles. The molecule has 2 unspecified atom stereocenters. The fourth-order valence-corrected chi connectivity index (χ4v) is 3.97. The topological polar surface area (TPSA) is 74.8 Å². The van der Waals surface area contributed by atoms with Gasteiger partial charge in [-0.1, -0.05) is 36.4 Å². The average Bonchev–Trinajstić information content (AvgIpc) is 2.73. The van der Waals surface area contributed by atoms with Crippen LogP contribution >= 0.6 is 0 Å². The molecule has 0 aliphatic carbocycles. The summed E-state index contributed by atoms with van der Waals surface area (Å²) < 4.78 is 5.75. The second kappa shape index (κ2) is 8.33. The highest BCUT2D eigenvalue weighted by molar-refractivity contribution is 5.94. The molecular formula is C22H26N4O2. The molecule has 2 aliphatic rings. The standard InChI is InChI=1S/C22H26N4O2/c1-23-22(24-13-15-10-11-28-20-9-5-3-7-18(15)20)25-14-16-12-21(27)26-19-8-4-2-6-17(16)19/h2-9,15-16H,10-14H2,1H3,(H,26,27)(H2,23,24,25). The summed E-state index contributed by atoms with van der Waals surface area (Å²) in [6.45, 7) is 2.19. The van der Waals surface area contributed by atoms with Gasteiger partial charge in [-0.15, -0.1) is 0 Å². The van der Waals surface area contributed by atoms with Crippen LogP contribution in [0, 0.1) is 0 Å². The third-order valence-electron chi connectivity index (χ3n) is 5.44. The van der Waals surface area contributed by atoms with E-state index in [2.05, 4.69) is 39.1 Å². The number of para-hydroxylation sites is 2. The number of fused-ring (bicyclic) bond motifs is 2. The molecule has 2 aromatic carbocycles. The minimum absolute atomic E-state index is 0.0623. The summed E-state index contributed by atoms with van der Waals surface area (Å²) in [5, 5.41) is 9.77. The largest absolute Gasteiger partial charge is 0.493 e. The Morgan fingerprint density at radius 3 is 2.61 bits per heavy atom. The van der Waals surface area contributed by atoms with E-state index in [1.807, 2.05) is 30.3 Å². The number of hydrogen-bond acceptors (Lipinski definition) is 3. The molecule has 1 amide bonds. The van der Waals surface area contributed by atoms with Crippen LogP contribution in [-0.4, -0.2) is 38.6 Å². The highest BCUT2D eigenvalue weighted by Gasteiger charge is 2.25. The van der Waals surface area contributed by atoms with Crippen molar-refractivity contribution in [3.63, 3.8) is 0 Å². The number of guanidine groups is 1. The highest BCUT2D eigenvalue weighted by atomic mass is 16.5. The first-order valence-corrected chi connectivity index (χ1v) is 9.79. The zero-order valence-electron chi connectivity index (χ0n) is 16.1. The van der Waals surface area contributed by atoms with E-state index in [4.69, 9.17) is 4.74 Å². The Morgan fingerprint density at radius 2 is 1.79 bits per heavy atom. The number of aliphatic imine (C=N–C) groups is 1. The van der Waals surface area contributed by atoms with Crippen molar-refractivity contribution in [1.29, 1.82) is 0 Å². The van der Waals surface area contributed by atoms with Crippen LogP contribution in [0.3, 0.4) is 0 Å². The van der Waals surface area contributed by atoms with Crippen molar-refractivity contribution in [1.82, 2.24) is 10.6 Å². The second-order valence-corrected chi connectivity index (χ2v) is 7.24. The Kier molecular flexibility index (Phi) is 5.46. The Hall–Kier alpha value is -3.02. The Morgan fingerprint density at radius 1 is 1.07 bits per heavy atom. The first kappa shape index (κ1) is 18.3. The third kappa shape index (κ3) is 3.96. The number of benzene rings is 2. The maximum absolute atomic E-state index is 12.0. The van der Waals surface area contributed by atoms with Gasteiger partial charge < -0.3 is 20.7 Å². The van der Waals surface area contributed by atoms with Gasteiger partial charge in [-0.3, -0.25) is 9.79 Å². The molecule has 6 nitrogen and oxygen atoms in total. The lowest BCUT2D eigenvalue weighted by Crippen LogP contribution is -2.42. The first-order chi connectivity index (χ1) is 13.7. The number of carbonyl (C=O) groups excluding carboxylic acids is 1. The maximum atomic E-state index is 12.0. The molecule has 28 heavy (non-hydrogen) atoms. The van der Waals surface area contributed by atoms with Crippen molar-refractivity contribution in [3.8, 4) is 5.75 Å². The lowest BCUT2D eigenvalue weighted by Gasteiger charge is -2.28. The summed E-state index contributed by atoms with van der Waals surface area (Å²) >= 11 is 0. The second-order valence-electron chi connectivity index (χ2n) is 7.24. The molecule has 146 valence electrons. The number of nitrogens with one attached hydrogen (secondary N) is 3. The van der Waals surface area contributed by atoms with Gasteiger partial charge in [0.15, 0.2) is 5.96 Å². The molecule has 0 fully saturated rings. The summed E-state index contributed by atoms with van der Waals surface area (Å²) in [5.41, 5.74) is 3.32. The monoisotopic (exact) mass is 378 g/mol. The molecular weight excluding hydrogens is 352 g/mol. The van der Waals surface area contributed by atoms with E-state index in [-0.39, 0.29) is 11.8 Å². The SMILES string of the molecule is CN=C(NCC1CC(=O)Nc2ccccc21)NCC1CCOc2ccccc21. The molecule has 4 rings (SSSR count). The Balaban J connectivity index is 1.36. The van der Waals surface area contributed by atoms with Crippen molar-refractivity contribution in [2.45, 2.75) is 24.7 Å². The quantitative estimate of drug-likeness (QED) is 0.565. The fourth-order valence-electron chi connectivity index (χ4n) is 3.97. The molecule has 2 atom stereocenters. The van der Waals surface area contributed by atoms with Crippen LogP contribution in [-0.2, 0) is 4.79 Å². The molecule has 0 saturated carbocycles. The molecule has 2 heterocycles. The van der Waals surface area contributed by atoms with E-state index in [9.17, 15) is 4.79 Å². The van der Waals surface area contributed by atoms with E-state index in [0.29, 0.717) is 18.9 Å². The third-order valence-corrected chi connectivity index (χ3v) is 5.44. The van der Waals surface area contributed by atoms with Gasteiger partial charge in [0, 0.05) is 44.1 Å². The minimum atomic E-state index is 0.0623. The molecule has 3 N–H and O–H groups in total. The fraction of sp³-hybridized carbons (Fsp3) is 0.364. The zero-order chi connectivity index (χ0) is 19.3. The van der Waals surface area contributed by atoms with Crippen LogP contribution in [0.2, 0.25) is 0 Å². The highest BCUT2D eigenvalue weighted by Crippen LogP contribution is 2.33. The van der Waals surface area contributed by atoms with Crippen LogP contribution in [0.4, 0.5) is 5.69 Å². The molecule has 0 bridgehead atoms. The molecule has 0 radical (unpaired) electrons. The van der Waals surface area contributed by atoms with Crippen molar-refractivity contribution in [2.75, 3.05) is 32.1 Å². The van der Waals surface area contributed by atoms with Crippen LogP contribution in [0.25, 0.3) is 0 Å². The summed E-state index contributed by atoms with van der Waals surface area (Å²) in [6.07, 6.45) is 1.46. The van der Waals surface area contributed by atoms with Gasteiger partial charge in [-0.25, -0.2) is 0 Å². The van der Waals surface area contributed by atoms with Crippen molar-refractivity contribution in [3.05, 3.63) is 59.7 Å². The van der Waals surface area contributed by atoms with Gasteiger partial charge >= 0.3 is 0 Å². The summed E-state index contributed by atoms with van der Waals surface area (Å²) in [7, 11) is 1.77. The van der Waals surface area contributed by atoms with Gasteiger partial charge in [0.1, 0.15) is 5.75 Å². The molecule has 0 aromatic heterocycles. The normalized spacial score (nSPS) is 21.0. The van der Waals surface area contributed by atoms with E-state index in [1.54, 1.807) is 7.05 Å². The number of ether oxygens (including phenoxy) is 1. The van der Waals surface area contributed by atoms with E-state index in [0.717, 1.165) is 37.0 Å². The van der Waals surface area contributed by atoms with Gasteiger partial charge in [0.05, 0.1) is 6.61 Å². The van der Waals surface area contributed by atoms with Crippen LogP contribution in [0.15, 0.2) is 53.5 Å². The van der Waals surface area contributed by atoms with Gasteiger partial charge in [0.25, 0.3) is 0 Å². The Labute approximate surface area is 165 Å². The van der Waals surface area contributed by atoms with E-state index >= 15 is 0 Å². The summed E-state index contributed by atoms with van der Waals surface area (Å²) in [5.74, 6) is 2.32. The Bertz CT molecular complexity index is 880. The van der Waals surface area contributed by atoms with Crippen molar-refractivity contribution in [2.24, 2.45) is 4.99 Å². The van der Waals surface area contributed by atoms with Crippen LogP contribution in [0.5, 0.6) is 5.75 Å². The number of hydrogen-bond donors (Lipinski definition) is 3. The number of nitrogens with zero attached hydrogens (tertiary/aromatic N) is 1.